The van der Waals surface area contributed by atoms with E-state index in [9.17, 15) is 0 Å². The zero-order chi connectivity index (χ0) is 16.6. The van der Waals surface area contributed by atoms with Crippen LogP contribution in [0.5, 0.6) is 0 Å². The molecule has 2 atom stereocenters. The van der Waals surface area contributed by atoms with Gasteiger partial charge in [0.15, 0.2) is 5.96 Å². The van der Waals surface area contributed by atoms with Crippen LogP contribution in [-0.2, 0) is 4.74 Å². The lowest BCUT2D eigenvalue weighted by Gasteiger charge is -2.44. The van der Waals surface area contributed by atoms with Crippen LogP contribution in [0.3, 0.4) is 0 Å². The molecule has 0 aliphatic carbocycles. The first kappa shape index (κ1) is 19.6. The number of aliphatic imine (C=N–C) groups is 1. The van der Waals surface area contributed by atoms with Gasteiger partial charge in [0.05, 0.1) is 18.8 Å². The molecule has 0 radical (unpaired) electrons. The van der Waals surface area contributed by atoms with Crippen molar-refractivity contribution >= 4 is 17.7 Å². The average Bonchev–Trinajstić information content (AvgIpc) is 2.44. The highest BCUT2D eigenvalue weighted by Gasteiger charge is 2.33. The lowest BCUT2D eigenvalue weighted by Crippen LogP contribution is -2.56. The van der Waals surface area contributed by atoms with Crippen molar-refractivity contribution in [3.63, 3.8) is 0 Å². The van der Waals surface area contributed by atoms with Crippen LogP contribution in [0.2, 0.25) is 0 Å². The third-order valence-electron chi connectivity index (χ3n) is 3.84. The van der Waals surface area contributed by atoms with Gasteiger partial charge in [-0.05, 0) is 40.9 Å². The number of hydrogen-bond acceptors (Lipinski definition) is 4. The zero-order valence-electron chi connectivity index (χ0n) is 15.1. The summed E-state index contributed by atoms with van der Waals surface area (Å²) in [7, 11) is 0. The smallest absolute Gasteiger partial charge is 0.191 e. The molecule has 1 aliphatic rings. The molecule has 2 unspecified atom stereocenters. The van der Waals surface area contributed by atoms with E-state index in [-0.39, 0.29) is 5.54 Å². The first-order valence-corrected chi connectivity index (χ1v) is 9.70. The second-order valence-electron chi connectivity index (χ2n) is 6.59. The molecule has 0 aromatic rings. The molecule has 6 heteroatoms. The van der Waals surface area contributed by atoms with Crippen molar-refractivity contribution in [3.8, 4) is 0 Å². The first-order valence-electron chi connectivity index (χ1n) is 8.30. The number of ether oxygens (including phenoxy) is 1. The monoisotopic (exact) mass is 330 g/mol. The summed E-state index contributed by atoms with van der Waals surface area (Å²) in [4.78, 5) is 7.29. The van der Waals surface area contributed by atoms with Gasteiger partial charge in [-0.2, -0.15) is 11.8 Å². The molecule has 1 rings (SSSR count). The predicted molar refractivity (Wildman–Crippen MR) is 98.0 cm³/mol. The number of nitrogens with one attached hydrogen (secondary N) is 2. The summed E-state index contributed by atoms with van der Waals surface area (Å²) in [6, 6.07) is 0. The third kappa shape index (κ3) is 6.75. The quantitative estimate of drug-likeness (QED) is 0.423. The molecule has 5 nitrogen and oxygen atoms in total. The van der Waals surface area contributed by atoms with Crippen LogP contribution in [-0.4, -0.2) is 73.3 Å². The highest BCUT2D eigenvalue weighted by atomic mass is 32.2. The summed E-state index contributed by atoms with van der Waals surface area (Å²) in [6.07, 6.45) is 2.70. The number of morpholine rings is 1. The third-order valence-corrected chi connectivity index (χ3v) is 4.46. The van der Waals surface area contributed by atoms with Crippen molar-refractivity contribution in [1.82, 2.24) is 15.5 Å². The second-order valence-corrected chi connectivity index (χ2v) is 7.58. The van der Waals surface area contributed by atoms with Crippen LogP contribution in [0.4, 0.5) is 0 Å². The Kier molecular flexibility index (Phi) is 8.57. The zero-order valence-corrected chi connectivity index (χ0v) is 15.9. The number of thioether (sulfide) groups is 1. The van der Waals surface area contributed by atoms with Crippen LogP contribution in [0, 0.1) is 0 Å². The van der Waals surface area contributed by atoms with Gasteiger partial charge in [0, 0.05) is 37.5 Å². The van der Waals surface area contributed by atoms with Crippen LogP contribution >= 0.6 is 11.8 Å². The second kappa shape index (κ2) is 9.63. The SMILES string of the molecule is CCNC(=NCC(C)(C)N1CC(C)OC(C)C1)NCCSC. The minimum Gasteiger partial charge on any atom is -0.373 e. The number of rotatable bonds is 7. The van der Waals surface area contributed by atoms with Crippen molar-refractivity contribution in [2.75, 3.05) is 44.7 Å². The number of nitrogens with zero attached hydrogens (tertiary/aromatic N) is 2. The summed E-state index contributed by atoms with van der Waals surface area (Å²) < 4.78 is 5.84. The van der Waals surface area contributed by atoms with Crippen molar-refractivity contribution in [2.24, 2.45) is 4.99 Å². The van der Waals surface area contributed by atoms with Crippen LogP contribution in [0.25, 0.3) is 0 Å². The number of hydrogen-bond donors (Lipinski definition) is 2. The minimum absolute atomic E-state index is 0.0359. The van der Waals surface area contributed by atoms with E-state index < -0.39 is 0 Å². The summed E-state index contributed by atoms with van der Waals surface area (Å²) >= 11 is 1.84. The molecule has 0 saturated carbocycles. The Labute approximate surface area is 140 Å². The van der Waals surface area contributed by atoms with E-state index in [0.717, 1.165) is 44.4 Å². The van der Waals surface area contributed by atoms with E-state index in [1.807, 2.05) is 11.8 Å². The minimum atomic E-state index is 0.0359. The lowest BCUT2D eigenvalue weighted by molar-refractivity contribution is -0.0939. The van der Waals surface area contributed by atoms with Gasteiger partial charge in [0.1, 0.15) is 0 Å². The largest absolute Gasteiger partial charge is 0.373 e. The molecule has 22 heavy (non-hydrogen) atoms. The predicted octanol–water partition coefficient (Wildman–Crippen LogP) is 1.79. The molecule has 0 spiro atoms. The molecule has 1 saturated heterocycles. The molecule has 0 amide bonds. The maximum absolute atomic E-state index is 5.84. The molecular formula is C16H34N4OS. The van der Waals surface area contributed by atoms with Gasteiger partial charge >= 0.3 is 0 Å². The van der Waals surface area contributed by atoms with Crippen molar-refractivity contribution in [1.29, 1.82) is 0 Å². The standard InChI is InChI=1S/C16H34N4OS/c1-7-17-15(18-8-9-22-6)19-12-16(4,5)20-10-13(2)21-14(3)11-20/h13-14H,7-12H2,1-6H3,(H2,17,18,19). The van der Waals surface area contributed by atoms with Gasteiger partial charge in [-0.3, -0.25) is 9.89 Å². The summed E-state index contributed by atoms with van der Waals surface area (Å²) in [5.74, 6) is 2.01. The molecule has 2 N–H and O–H groups in total. The van der Waals surface area contributed by atoms with Gasteiger partial charge in [0.2, 0.25) is 0 Å². The Hall–Kier alpha value is -0.460. The highest BCUT2D eigenvalue weighted by molar-refractivity contribution is 7.98. The number of guanidine groups is 1. The maximum atomic E-state index is 5.84. The Morgan fingerprint density at radius 3 is 2.45 bits per heavy atom. The fourth-order valence-corrected chi connectivity index (χ4v) is 2.96. The van der Waals surface area contributed by atoms with Gasteiger partial charge in [-0.25, -0.2) is 0 Å². The van der Waals surface area contributed by atoms with Crippen molar-refractivity contribution in [2.45, 2.75) is 52.4 Å². The van der Waals surface area contributed by atoms with Crippen molar-refractivity contribution in [3.05, 3.63) is 0 Å². The van der Waals surface area contributed by atoms with Crippen LogP contribution in [0.1, 0.15) is 34.6 Å². The molecule has 0 aromatic heterocycles. The lowest BCUT2D eigenvalue weighted by atomic mass is 10.0. The van der Waals surface area contributed by atoms with E-state index in [4.69, 9.17) is 9.73 Å². The highest BCUT2D eigenvalue weighted by Crippen LogP contribution is 2.21. The van der Waals surface area contributed by atoms with Gasteiger partial charge in [-0.15, -0.1) is 0 Å². The maximum Gasteiger partial charge on any atom is 0.191 e. The molecule has 1 heterocycles. The molecule has 1 aliphatic heterocycles. The molecule has 0 aromatic carbocycles. The summed E-state index contributed by atoms with van der Waals surface area (Å²) in [5, 5.41) is 6.71. The Bertz CT molecular complexity index is 339. The van der Waals surface area contributed by atoms with E-state index in [0.29, 0.717) is 12.2 Å². The van der Waals surface area contributed by atoms with E-state index in [1.165, 1.54) is 0 Å². The Morgan fingerprint density at radius 1 is 1.27 bits per heavy atom. The van der Waals surface area contributed by atoms with Gasteiger partial charge < -0.3 is 15.4 Å². The van der Waals surface area contributed by atoms with Crippen LogP contribution < -0.4 is 10.6 Å². The van der Waals surface area contributed by atoms with Crippen LogP contribution in [0.15, 0.2) is 4.99 Å². The first-order chi connectivity index (χ1) is 10.4. The van der Waals surface area contributed by atoms with E-state index in [1.54, 1.807) is 0 Å². The summed E-state index contributed by atoms with van der Waals surface area (Å²) in [6.45, 7) is 15.5. The molecule has 130 valence electrons. The van der Waals surface area contributed by atoms with Gasteiger partial charge in [0.25, 0.3) is 0 Å². The Balaban J connectivity index is 2.60. The fourth-order valence-electron chi connectivity index (χ4n) is 2.66. The molecular weight excluding hydrogens is 296 g/mol. The molecule has 1 fully saturated rings. The topological polar surface area (TPSA) is 48.9 Å². The summed E-state index contributed by atoms with van der Waals surface area (Å²) in [5.41, 5.74) is 0.0359. The van der Waals surface area contributed by atoms with Gasteiger partial charge in [-0.1, -0.05) is 0 Å². The Morgan fingerprint density at radius 2 is 1.91 bits per heavy atom. The molecule has 0 bridgehead atoms. The fraction of sp³-hybridized carbons (Fsp3) is 0.938. The van der Waals surface area contributed by atoms with Crippen molar-refractivity contribution < 1.29 is 4.74 Å². The van der Waals surface area contributed by atoms with E-state index >= 15 is 0 Å². The normalized spacial score (nSPS) is 24.4. The van der Waals surface area contributed by atoms with E-state index in [2.05, 4.69) is 56.4 Å². The average molecular weight is 331 g/mol.